The summed E-state index contributed by atoms with van der Waals surface area (Å²) in [6.45, 7) is 0.596. The van der Waals surface area contributed by atoms with Crippen LogP contribution in [0.4, 0.5) is 0 Å². The van der Waals surface area contributed by atoms with Gasteiger partial charge in [-0.25, -0.2) is 0 Å². The Morgan fingerprint density at radius 2 is 2.09 bits per heavy atom. The molecular weight excluding hydrogens is 366 g/mol. The van der Waals surface area contributed by atoms with E-state index in [-0.39, 0.29) is 5.91 Å². The number of halogens is 2. The van der Waals surface area contributed by atoms with E-state index in [0.717, 1.165) is 23.1 Å². The summed E-state index contributed by atoms with van der Waals surface area (Å²) < 4.78 is 6.02. The highest BCUT2D eigenvalue weighted by molar-refractivity contribution is 9.10. The van der Waals surface area contributed by atoms with Gasteiger partial charge < -0.3 is 10.1 Å². The van der Waals surface area contributed by atoms with E-state index in [1.54, 1.807) is 19.2 Å². The Kier molecular flexibility index (Phi) is 6.28. The fourth-order valence-corrected chi connectivity index (χ4v) is 2.65. The predicted octanol–water partition coefficient (Wildman–Crippen LogP) is 4.47. The number of amides is 1. The van der Waals surface area contributed by atoms with Crippen molar-refractivity contribution in [3.05, 3.63) is 63.1 Å². The van der Waals surface area contributed by atoms with Crippen molar-refractivity contribution < 1.29 is 9.53 Å². The van der Waals surface area contributed by atoms with Crippen molar-refractivity contribution in [1.29, 1.82) is 0 Å². The average Bonchev–Trinajstić information content (AvgIpc) is 2.54. The highest BCUT2D eigenvalue weighted by atomic mass is 79.9. The molecule has 0 radical (unpaired) electrons. The first-order chi connectivity index (χ1) is 10.6. The Morgan fingerprint density at radius 1 is 1.27 bits per heavy atom. The summed E-state index contributed by atoms with van der Waals surface area (Å²) in [5.74, 6) is 0.694. The maximum atomic E-state index is 12.1. The van der Waals surface area contributed by atoms with Gasteiger partial charge in [0, 0.05) is 11.0 Å². The Balaban J connectivity index is 1.83. The SMILES string of the molecule is COc1cccc(CCCNC(=O)c2cc(Br)ccc2Cl)c1. The standard InChI is InChI=1S/C17H17BrClNO2/c1-22-14-6-2-4-12(10-14)5-3-9-20-17(21)15-11-13(18)7-8-16(15)19/h2,4,6-8,10-11H,3,5,9H2,1H3,(H,20,21). The molecule has 1 N–H and O–H groups in total. The lowest BCUT2D eigenvalue weighted by Gasteiger charge is -2.08. The van der Waals surface area contributed by atoms with Crippen molar-refractivity contribution in [2.24, 2.45) is 0 Å². The topological polar surface area (TPSA) is 38.3 Å². The third-order valence-electron chi connectivity index (χ3n) is 3.23. The van der Waals surface area contributed by atoms with Gasteiger partial charge in [-0.15, -0.1) is 0 Å². The fourth-order valence-electron chi connectivity index (χ4n) is 2.09. The number of nitrogens with one attached hydrogen (secondary N) is 1. The maximum Gasteiger partial charge on any atom is 0.252 e. The van der Waals surface area contributed by atoms with E-state index in [1.807, 2.05) is 24.3 Å². The molecule has 116 valence electrons. The van der Waals surface area contributed by atoms with Gasteiger partial charge in [0.1, 0.15) is 5.75 Å². The van der Waals surface area contributed by atoms with Crippen molar-refractivity contribution in [3.63, 3.8) is 0 Å². The van der Waals surface area contributed by atoms with E-state index in [9.17, 15) is 4.79 Å². The number of benzene rings is 2. The number of aryl methyl sites for hydroxylation is 1. The summed E-state index contributed by atoms with van der Waals surface area (Å²) in [5, 5.41) is 3.34. The Morgan fingerprint density at radius 3 is 2.86 bits per heavy atom. The minimum Gasteiger partial charge on any atom is -0.497 e. The molecule has 2 aromatic carbocycles. The van der Waals surface area contributed by atoms with Gasteiger partial charge in [0.05, 0.1) is 17.7 Å². The van der Waals surface area contributed by atoms with Gasteiger partial charge in [-0.05, 0) is 48.7 Å². The minimum atomic E-state index is -0.156. The molecule has 0 bridgehead atoms. The number of hydrogen-bond donors (Lipinski definition) is 1. The zero-order chi connectivity index (χ0) is 15.9. The number of carbonyl (C=O) groups is 1. The molecule has 3 nitrogen and oxygen atoms in total. The second-order valence-electron chi connectivity index (χ2n) is 4.84. The van der Waals surface area contributed by atoms with Crippen LogP contribution in [0.15, 0.2) is 46.9 Å². The molecule has 1 amide bonds. The molecule has 0 spiro atoms. The number of hydrogen-bond acceptors (Lipinski definition) is 2. The van der Waals surface area contributed by atoms with Gasteiger partial charge in [0.2, 0.25) is 0 Å². The number of carbonyl (C=O) groups excluding carboxylic acids is 1. The van der Waals surface area contributed by atoms with Crippen LogP contribution in [0, 0.1) is 0 Å². The highest BCUT2D eigenvalue weighted by Crippen LogP contribution is 2.20. The fraction of sp³-hybridized carbons (Fsp3) is 0.235. The summed E-state index contributed by atoms with van der Waals surface area (Å²) in [5.41, 5.74) is 1.67. The lowest BCUT2D eigenvalue weighted by molar-refractivity contribution is 0.0953. The second kappa shape index (κ2) is 8.20. The largest absolute Gasteiger partial charge is 0.497 e. The molecule has 0 heterocycles. The van der Waals surface area contributed by atoms with Gasteiger partial charge in [0.15, 0.2) is 0 Å². The van der Waals surface area contributed by atoms with E-state index >= 15 is 0 Å². The monoisotopic (exact) mass is 381 g/mol. The van der Waals surface area contributed by atoms with Crippen molar-refractivity contribution >= 4 is 33.4 Å². The zero-order valence-electron chi connectivity index (χ0n) is 12.2. The molecule has 0 aliphatic heterocycles. The van der Waals surface area contributed by atoms with Gasteiger partial charge in [-0.1, -0.05) is 39.7 Å². The molecule has 2 aromatic rings. The molecule has 0 atom stereocenters. The highest BCUT2D eigenvalue weighted by Gasteiger charge is 2.10. The minimum absolute atomic E-state index is 0.156. The van der Waals surface area contributed by atoms with E-state index in [2.05, 4.69) is 27.3 Å². The van der Waals surface area contributed by atoms with Crippen molar-refractivity contribution in [2.45, 2.75) is 12.8 Å². The van der Waals surface area contributed by atoms with Gasteiger partial charge >= 0.3 is 0 Å². The van der Waals surface area contributed by atoms with Crippen LogP contribution in [-0.2, 0) is 6.42 Å². The van der Waals surface area contributed by atoms with Crippen molar-refractivity contribution in [3.8, 4) is 5.75 Å². The zero-order valence-corrected chi connectivity index (χ0v) is 14.6. The third-order valence-corrected chi connectivity index (χ3v) is 4.06. The molecule has 0 saturated carbocycles. The molecule has 0 aliphatic carbocycles. The van der Waals surface area contributed by atoms with Crippen LogP contribution in [0.5, 0.6) is 5.75 Å². The van der Waals surface area contributed by atoms with Crippen LogP contribution in [-0.4, -0.2) is 19.6 Å². The first-order valence-electron chi connectivity index (χ1n) is 6.96. The third kappa shape index (κ3) is 4.75. The van der Waals surface area contributed by atoms with E-state index in [4.69, 9.17) is 16.3 Å². The normalized spacial score (nSPS) is 10.3. The van der Waals surface area contributed by atoms with Crippen LogP contribution >= 0.6 is 27.5 Å². The Hall–Kier alpha value is -1.52. The average molecular weight is 383 g/mol. The van der Waals surface area contributed by atoms with Crippen LogP contribution in [0.3, 0.4) is 0 Å². The number of ether oxygens (including phenoxy) is 1. The molecule has 0 aromatic heterocycles. The van der Waals surface area contributed by atoms with Crippen molar-refractivity contribution in [2.75, 3.05) is 13.7 Å². The van der Waals surface area contributed by atoms with Crippen LogP contribution < -0.4 is 10.1 Å². The van der Waals surface area contributed by atoms with Gasteiger partial charge in [-0.3, -0.25) is 4.79 Å². The Labute approximate surface area is 143 Å². The lowest BCUT2D eigenvalue weighted by Crippen LogP contribution is -2.25. The van der Waals surface area contributed by atoms with E-state index in [1.165, 1.54) is 5.56 Å². The second-order valence-corrected chi connectivity index (χ2v) is 6.16. The Bertz CT molecular complexity index is 661. The molecule has 0 fully saturated rings. The summed E-state index contributed by atoms with van der Waals surface area (Å²) >= 11 is 9.38. The molecule has 2 rings (SSSR count). The first-order valence-corrected chi connectivity index (χ1v) is 8.13. The quantitative estimate of drug-likeness (QED) is 0.748. The van der Waals surface area contributed by atoms with E-state index in [0.29, 0.717) is 17.1 Å². The summed E-state index contributed by atoms with van der Waals surface area (Å²) in [6, 6.07) is 13.2. The predicted molar refractivity (Wildman–Crippen MR) is 92.8 cm³/mol. The van der Waals surface area contributed by atoms with E-state index < -0.39 is 0 Å². The van der Waals surface area contributed by atoms with Crippen LogP contribution in [0.25, 0.3) is 0 Å². The number of rotatable bonds is 6. The lowest BCUT2D eigenvalue weighted by atomic mass is 10.1. The number of methoxy groups -OCH3 is 1. The molecule has 22 heavy (non-hydrogen) atoms. The first kappa shape index (κ1) is 16.8. The molecule has 0 aliphatic rings. The summed E-state index contributed by atoms with van der Waals surface area (Å²) in [4.78, 5) is 12.1. The van der Waals surface area contributed by atoms with Gasteiger partial charge in [0.25, 0.3) is 5.91 Å². The molecule has 0 unspecified atom stereocenters. The van der Waals surface area contributed by atoms with Gasteiger partial charge in [-0.2, -0.15) is 0 Å². The summed E-state index contributed by atoms with van der Waals surface area (Å²) in [6.07, 6.45) is 1.73. The molecular formula is C17H17BrClNO2. The molecule has 0 saturated heterocycles. The molecule has 5 heteroatoms. The maximum absolute atomic E-state index is 12.1. The smallest absolute Gasteiger partial charge is 0.252 e. The van der Waals surface area contributed by atoms with Crippen molar-refractivity contribution in [1.82, 2.24) is 5.32 Å². The van der Waals surface area contributed by atoms with Crippen LogP contribution in [0.2, 0.25) is 5.02 Å². The van der Waals surface area contributed by atoms with Crippen LogP contribution in [0.1, 0.15) is 22.3 Å². The summed E-state index contributed by atoms with van der Waals surface area (Å²) in [7, 11) is 1.65.